The second-order valence-corrected chi connectivity index (χ2v) is 6.11. The van der Waals surface area contributed by atoms with Gasteiger partial charge in [-0.2, -0.15) is 5.26 Å². The number of pyridine rings is 1. The van der Waals surface area contributed by atoms with Gasteiger partial charge in [0.1, 0.15) is 11.6 Å². The van der Waals surface area contributed by atoms with E-state index in [9.17, 15) is 10.1 Å². The van der Waals surface area contributed by atoms with E-state index in [4.69, 9.17) is 0 Å². The van der Waals surface area contributed by atoms with Gasteiger partial charge in [-0.15, -0.1) is 0 Å². The van der Waals surface area contributed by atoms with Crippen LogP contribution in [0, 0.1) is 11.3 Å². The van der Waals surface area contributed by atoms with E-state index in [1.54, 1.807) is 6.20 Å². The van der Waals surface area contributed by atoms with Gasteiger partial charge in [0.15, 0.2) is 0 Å². The van der Waals surface area contributed by atoms with E-state index in [1.807, 2.05) is 30.3 Å². The van der Waals surface area contributed by atoms with Crippen molar-refractivity contribution in [3.63, 3.8) is 0 Å². The fourth-order valence-electron chi connectivity index (χ4n) is 3.41. The van der Waals surface area contributed by atoms with Crippen molar-refractivity contribution in [3.05, 3.63) is 46.2 Å². The third kappa shape index (κ3) is 2.77. The minimum atomic E-state index is -0.163. The summed E-state index contributed by atoms with van der Waals surface area (Å²) in [6, 6.07) is 10.2. The Hall–Kier alpha value is -2.12. The fourth-order valence-corrected chi connectivity index (χ4v) is 3.41. The van der Waals surface area contributed by atoms with Crippen LogP contribution in [0.15, 0.2) is 35.3 Å². The zero-order chi connectivity index (χ0) is 15.5. The summed E-state index contributed by atoms with van der Waals surface area (Å²) in [5.74, 6) is 0. The smallest absolute Gasteiger partial charge is 0.207 e. The molecule has 114 valence electrons. The lowest BCUT2D eigenvalue weighted by Gasteiger charge is -2.32. The highest BCUT2D eigenvalue weighted by Gasteiger charge is 2.19. The number of nitrogens with zero attached hydrogens (tertiary/aromatic N) is 3. The van der Waals surface area contributed by atoms with Crippen LogP contribution >= 0.6 is 0 Å². The summed E-state index contributed by atoms with van der Waals surface area (Å²) in [6.07, 6.45) is 6.58. The van der Waals surface area contributed by atoms with E-state index >= 15 is 0 Å². The van der Waals surface area contributed by atoms with Crippen LogP contribution < -0.4 is 5.43 Å². The molecule has 2 aromatic rings. The topological polar surface area (TPSA) is 49.0 Å². The van der Waals surface area contributed by atoms with Gasteiger partial charge in [-0.25, -0.2) is 0 Å². The standard InChI is InChI=1S/C18H21N3O/c1-20-10-5-4-6-15(20)9-11-21-13-14(12-19)18(22)16-7-2-3-8-17(16)21/h2-3,7-8,13,15H,4-6,9-11H2,1H3/t15-/m0/s1. The number of benzene rings is 1. The lowest BCUT2D eigenvalue weighted by molar-refractivity contribution is 0.171. The summed E-state index contributed by atoms with van der Waals surface area (Å²) < 4.78 is 2.07. The van der Waals surface area contributed by atoms with Gasteiger partial charge in [-0.3, -0.25) is 4.79 Å². The van der Waals surface area contributed by atoms with Crippen LogP contribution in [0.3, 0.4) is 0 Å². The molecule has 3 rings (SSSR count). The molecule has 1 saturated heterocycles. The molecule has 1 aromatic heterocycles. The third-order valence-electron chi connectivity index (χ3n) is 4.73. The van der Waals surface area contributed by atoms with Crippen molar-refractivity contribution in [1.29, 1.82) is 5.26 Å². The van der Waals surface area contributed by atoms with Gasteiger partial charge < -0.3 is 9.47 Å². The average molecular weight is 295 g/mol. The van der Waals surface area contributed by atoms with Crippen molar-refractivity contribution >= 4 is 10.9 Å². The molecule has 0 amide bonds. The Kier molecular flexibility index (Phi) is 4.26. The van der Waals surface area contributed by atoms with Crippen molar-refractivity contribution in [1.82, 2.24) is 9.47 Å². The number of rotatable bonds is 3. The highest BCUT2D eigenvalue weighted by atomic mass is 16.1. The highest BCUT2D eigenvalue weighted by Crippen LogP contribution is 2.19. The van der Waals surface area contributed by atoms with Crippen LogP contribution in [0.5, 0.6) is 0 Å². The number of hydrogen-bond donors (Lipinski definition) is 0. The first kappa shape index (κ1) is 14.8. The number of aryl methyl sites for hydroxylation is 1. The molecule has 4 nitrogen and oxygen atoms in total. The molecule has 0 saturated carbocycles. The maximum atomic E-state index is 12.2. The molecular weight excluding hydrogens is 274 g/mol. The van der Waals surface area contributed by atoms with Crippen molar-refractivity contribution in [3.8, 4) is 6.07 Å². The van der Waals surface area contributed by atoms with E-state index < -0.39 is 0 Å². The molecule has 1 atom stereocenters. The van der Waals surface area contributed by atoms with E-state index in [-0.39, 0.29) is 11.0 Å². The van der Waals surface area contributed by atoms with Crippen LogP contribution in [0.1, 0.15) is 31.2 Å². The molecule has 0 N–H and O–H groups in total. The van der Waals surface area contributed by atoms with Gasteiger partial charge in [0.2, 0.25) is 5.43 Å². The van der Waals surface area contributed by atoms with E-state index in [0.717, 1.165) is 18.5 Å². The first-order chi connectivity index (χ1) is 10.7. The van der Waals surface area contributed by atoms with E-state index in [0.29, 0.717) is 11.4 Å². The van der Waals surface area contributed by atoms with Crippen LogP contribution in [-0.2, 0) is 6.54 Å². The molecule has 1 fully saturated rings. The Morgan fingerprint density at radius 3 is 2.91 bits per heavy atom. The van der Waals surface area contributed by atoms with Gasteiger partial charge in [0.05, 0.1) is 5.52 Å². The summed E-state index contributed by atoms with van der Waals surface area (Å²) in [6.45, 7) is 2.00. The van der Waals surface area contributed by atoms with E-state index in [1.165, 1.54) is 25.8 Å². The molecular formula is C18H21N3O. The highest BCUT2D eigenvalue weighted by molar-refractivity contribution is 5.80. The molecule has 0 aliphatic carbocycles. The molecule has 1 aliphatic heterocycles. The number of nitriles is 1. The van der Waals surface area contributed by atoms with Gasteiger partial charge in [0, 0.05) is 24.2 Å². The largest absolute Gasteiger partial charge is 0.346 e. The number of hydrogen-bond acceptors (Lipinski definition) is 3. The third-order valence-corrected chi connectivity index (χ3v) is 4.73. The summed E-state index contributed by atoms with van der Waals surface area (Å²) in [5, 5.41) is 9.83. The van der Waals surface area contributed by atoms with Gasteiger partial charge in [-0.1, -0.05) is 18.6 Å². The summed E-state index contributed by atoms with van der Waals surface area (Å²) in [5.41, 5.74) is 0.991. The zero-order valence-electron chi connectivity index (χ0n) is 13.0. The fraction of sp³-hybridized carbons (Fsp3) is 0.444. The molecule has 0 spiro atoms. The first-order valence-corrected chi connectivity index (χ1v) is 7.93. The monoisotopic (exact) mass is 295 g/mol. The van der Waals surface area contributed by atoms with Gasteiger partial charge >= 0.3 is 0 Å². The lowest BCUT2D eigenvalue weighted by Crippen LogP contribution is -2.36. The van der Waals surface area contributed by atoms with E-state index in [2.05, 4.69) is 16.5 Å². The second-order valence-electron chi connectivity index (χ2n) is 6.11. The van der Waals surface area contributed by atoms with Crippen molar-refractivity contribution < 1.29 is 0 Å². The Balaban J connectivity index is 1.92. The number of para-hydroxylation sites is 1. The Morgan fingerprint density at radius 2 is 2.14 bits per heavy atom. The maximum absolute atomic E-state index is 12.2. The average Bonchev–Trinajstić information content (AvgIpc) is 2.56. The Bertz CT molecular complexity index is 772. The maximum Gasteiger partial charge on any atom is 0.207 e. The molecule has 1 aromatic carbocycles. The molecule has 4 heteroatoms. The minimum absolute atomic E-state index is 0.163. The molecule has 0 bridgehead atoms. The van der Waals surface area contributed by atoms with Crippen molar-refractivity contribution in [2.45, 2.75) is 38.3 Å². The molecule has 0 radical (unpaired) electrons. The number of likely N-dealkylation sites (tertiary alicyclic amines) is 1. The number of piperidine rings is 1. The SMILES string of the molecule is CN1CCCC[C@H]1CCn1cc(C#N)c(=O)c2ccccc21. The Labute approximate surface area is 130 Å². The zero-order valence-corrected chi connectivity index (χ0v) is 13.0. The number of aromatic nitrogens is 1. The quantitative estimate of drug-likeness (QED) is 0.875. The second kappa shape index (κ2) is 6.33. The van der Waals surface area contributed by atoms with Crippen LogP contribution in [0.25, 0.3) is 10.9 Å². The minimum Gasteiger partial charge on any atom is -0.346 e. The van der Waals surface area contributed by atoms with Crippen molar-refractivity contribution in [2.75, 3.05) is 13.6 Å². The van der Waals surface area contributed by atoms with Crippen LogP contribution in [0.2, 0.25) is 0 Å². The Morgan fingerprint density at radius 1 is 1.32 bits per heavy atom. The molecule has 0 unspecified atom stereocenters. The van der Waals surface area contributed by atoms with Gasteiger partial charge in [-0.05, 0) is 45.0 Å². The summed E-state index contributed by atoms with van der Waals surface area (Å²) in [4.78, 5) is 14.7. The number of fused-ring (bicyclic) bond motifs is 1. The predicted octanol–water partition coefficient (Wildman–Crippen LogP) is 2.75. The predicted molar refractivity (Wildman–Crippen MR) is 87.8 cm³/mol. The lowest BCUT2D eigenvalue weighted by atomic mass is 10.00. The molecule has 1 aliphatic rings. The van der Waals surface area contributed by atoms with Gasteiger partial charge in [0.25, 0.3) is 0 Å². The summed E-state index contributed by atoms with van der Waals surface area (Å²) >= 11 is 0. The normalized spacial score (nSPS) is 19.2. The van der Waals surface area contributed by atoms with Crippen LogP contribution in [-0.4, -0.2) is 29.1 Å². The summed E-state index contributed by atoms with van der Waals surface area (Å²) in [7, 11) is 2.19. The molecule has 2 heterocycles. The van der Waals surface area contributed by atoms with Crippen LogP contribution in [0.4, 0.5) is 0 Å². The molecule has 22 heavy (non-hydrogen) atoms. The van der Waals surface area contributed by atoms with Crippen molar-refractivity contribution in [2.24, 2.45) is 0 Å². The first-order valence-electron chi connectivity index (χ1n) is 7.93.